The van der Waals surface area contributed by atoms with Crippen LogP contribution in [0.25, 0.3) is 0 Å². The summed E-state index contributed by atoms with van der Waals surface area (Å²) in [5, 5.41) is 0. The van der Waals surface area contributed by atoms with Crippen LogP contribution in [0, 0.1) is 11.8 Å². The van der Waals surface area contributed by atoms with E-state index in [1.165, 1.54) is 24.3 Å². The Balaban J connectivity index is 1.84. The zero-order valence-electron chi connectivity index (χ0n) is 9.58. The Kier molecular flexibility index (Phi) is 3.95. The third-order valence-corrected chi connectivity index (χ3v) is 4.71. The predicted molar refractivity (Wildman–Crippen MR) is 65.0 cm³/mol. The fourth-order valence-corrected chi connectivity index (χ4v) is 3.54. The summed E-state index contributed by atoms with van der Waals surface area (Å²) in [4.78, 5) is 14.3. The van der Waals surface area contributed by atoms with Crippen LogP contribution < -0.4 is 0 Å². The van der Waals surface area contributed by atoms with E-state index in [1.807, 2.05) is 11.8 Å². The number of rotatable bonds is 1. The van der Waals surface area contributed by atoms with E-state index in [0.717, 1.165) is 31.8 Å². The molecule has 2 fully saturated rings. The van der Waals surface area contributed by atoms with Gasteiger partial charge >= 0.3 is 0 Å². The van der Waals surface area contributed by atoms with Gasteiger partial charge in [-0.1, -0.05) is 6.92 Å². The summed E-state index contributed by atoms with van der Waals surface area (Å²) in [6, 6.07) is 0. The molecule has 0 aromatic rings. The maximum atomic E-state index is 12.2. The van der Waals surface area contributed by atoms with Crippen LogP contribution in [-0.2, 0) is 4.79 Å². The van der Waals surface area contributed by atoms with E-state index in [2.05, 4.69) is 11.8 Å². The summed E-state index contributed by atoms with van der Waals surface area (Å²) in [7, 11) is 0. The Morgan fingerprint density at radius 3 is 2.33 bits per heavy atom. The second-order valence-electron chi connectivity index (χ2n) is 4.89. The van der Waals surface area contributed by atoms with E-state index in [0.29, 0.717) is 11.8 Å². The number of carbonyl (C=O) groups is 1. The summed E-state index contributed by atoms with van der Waals surface area (Å²) in [5.41, 5.74) is 0. The lowest BCUT2D eigenvalue weighted by molar-refractivity contribution is -0.137. The molecule has 2 aliphatic rings. The molecule has 2 aliphatic heterocycles. The minimum Gasteiger partial charge on any atom is -0.342 e. The SMILES string of the molecule is CC1CCN(C(=O)C2CCSCC2)CC1. The zero-order chi connectivity index (χ0) is 10.7. The van der Waals surface area contributed by atoms with Crippen LogP contribution in [0.5, 0.6) is 0 Å². The second kappa shape index (κ2) is 5.24. The highest BCUT2D eigenvalue weighted by molar-refractivity contribution is 7.99. The number of likely N-dealkylation sites (tertiary alicyclic amines) is 1. The average Bonchev–Trinajstić information content (AvgIpc) is 2.30. The zero-order valence-corrected chi connectivity index (χ0v) is 10.4. The highest BCUT2D eigenvalue weighted by Gasteiger charge is 2.28. The van der Waals surface area contributed by atoms with Crippen molar-refractivity contribution in [3.8, 4) is 0 Å². The van der Waals surface area contributed by atoms with Crippen molar-refractivity contribution in [3.63, 3.8) is 0 Å². The number of piperidine rings is 1. The Hall–Kier alpha value is -0.180. The molecule has 0 atom stereocenters. The molecule has 0 spiro atoms. The number of amides is 1. The average molecular weight is 227 g/mol. The van der Waals surface area contributed by atoms with Gasteiger partial charge in [0.25, 0.3) is 0 Å². The Morgan fingerprint density at radius 1 is 1.13 bits per heavy atom. The van der Waals surface area contributed by atoms with Crippen LogP contribution in [0.4, 0.5) is 0 Å². The number of hydrogen-bond donors (Lipinski definition) is 0. The van der Waals surface area contributed by atoms with Crippen LogP contribution in [0.1, 0.15) is 32.6 Å². The topological polar surface area (TPSA) is 20.3 Å². The molecule has 2 rings (SSSR count). The molecule has 2 saturated heterocycles. The number of carbonyl (C=O) groups excluding carboxylic acids is 1. The molecule has 0 bridgehead atoms. The standard InChI is InChI=1S/C12H21NOS/c1-10-2-6-13(7-3-10)12(14)11-4-8-15-9-5-11/h10-11H,2-9H2,1H3. The molecule has 1 amide bonds. The van der Waals surface area contributed by atoms with Crippen LogP contribution in [-0.4, -0.2) is 35.4 Å². The molecule has 0 aromatic carbocycles. The lowest BCUT2D eigenvalue weighted by Gasteiger charge is -2.34. The molecule has 0 unspecified atom stereocenters. The Bertz CT molecular complexity index is 218. The predicted octanol–water partition coefficient (Wildman–Crippen LogP) is 2.39. The summed E-state index contributed by atoms with van der Waals surface area (Å²) in [6.45, 7) is 4.30. The lowest BCUT2D eigenvalue weighted by atomic mass is 9.95. The van der Waals surface area contributed by atoms with Gasteiger partial charge in [0.15, 0.2) is 0 Å². The van der Waals surface area contributed by atoms with Gasteiger partial charge in [-0.15, -0.1) is 0 Å². The monoisotopic (exact) mass is 227 g/mol. The maximum Gasteiger partial charge on any atom is 0.225 e. The molecule has 2 heterocycles. The Labute approximate surface area is 96.8 Å². The van der Waals surface area contributed by atoms with Crippen LogP contribution in [0.15, 0.2) is 0 Å². The lowest BCUT2D eigenvalue weighted by Crippen LogP contribution is -2.42. The summed E-state index contributed by atoms with van der Waals surface area (Å²) in [6.07, 6.45) is 4.62. The number of hydrogen-bond acceptors (Lipinski definition) is 2. The van der Waals surface area contributed by atoms with Gasteiger partial charge in [-0.05, 0) is 43.1 Å². The van der Waals surface area contributed by atoms with E-state index in [-0.39, 0.29) is 0 Å². The maximum absolute atomic E-state index is 12.2. The van der Waals surface area contributed by atoms with E-state index in [9.17, 15) is 4.79 Å². The minimum absolute atomic E-state index is 0.347. The van der Waals surface area contributed by atoms with Gasteiger partial charge in [-0.25, -0.2) is 0 Å². The van der Waals surface area contributed by atoms with E-state index >= 15 is 0 Å². The fourth-order valence-electron chi connectivity index (χ4n) is 2.43. The van der Waals surface area contributed by atoms with E-state index < -0.39 is 0 Å². The molecule has 15 heavy (non-hydrogen) atoms. The van der Waals surface area contributed by atoms with Crippen molar-refractivity contribution < 1.29 is 4.79 Å². The first-order valence-electron chi connectivity index (χ1n) is 6.14. The molecular weight excluding hydrogens is 206 g/mol. The summed E-state index contributed by atoms with van der Waals surface area (Å²) >= 11 is 1.99. The number of thioether (sulfide) groups is 1. The van der Waals surface area contributed by atoms with Gasteiger partial charge in [0.05, 0.1) is 0 Å². The molecule has 0 aromatic heterocycles. The summed E-state index contributed by atoms with van der Waals surface area (Å²) < 4.78 is 0. The van der Waals surface area contributed by atoms with Crippen molar-refractivity contribution >= 4 is 17.7 Å². The third kappa shape index (κ3) is 2.90. The van der Waals surface area contributed by atoms with Gasteiger partial charge < -0.3 is 4.90 Å². The second-order valence-corrected chi connectivity index (χ2v) is 6.12. The molecule has 0 N–H and O–H groups in total. The van der Waals surface area contributed by atoms with Gasteiger partial charge in [-0.2, -0.15) is 11.8 Å². The van der Waals surface area contributed by atoms with Crippen LogP contribution in [0.2, 0.25) is 0 Å². The molecule has 3 heteroatoms. The van der Waals surface area contributed by atoms with Gasteiger partial charge in [0.2, 0.25) is 5.91 Å². The first-order chi connectivity index (χ1) is 7.27. The summed E-state index contributed by atoms with van der Waals surface area (Å²) in [5.74, 6) is 3.97. The quantitative estimate of drug-likeness (QED) is 0.685. The van der Waals surface area contributed by atoms with Gasteiger partial charge in [-0.3, -0.25) is 4.79 Å². The van der Waals surface area contributed by atoms with Crippen molar-refractivity contribution in [3.05, 3.63) is 0 Å². The van der Waals surface area contributed by atoms with Crippen LogP contribution in [0.3, 0.4) is 0 Å². The largest absolute Gasteiger partial charge is 0.342 e. The molecule has 86 valence electrons. The van der Waals surface area contributed by atoms with Gasteiger partial charge in [0.1, 0.15) is 0 Å². The normalized spacial score (nSPS) is 25.5. The van der Waals surface area contributed by atoms with Crippen molar-refractivity contribution in [2.75, 3.05) is 24.6 Å². The van der Waals surface area contributed by atoms with Crippen molar-refractivity contribution in [1.29, 1.82) is 0 Å². The molecule has 2 nitrogen and oxygen atoms in total. The molecule has 0 aliphatic carbocycles. The smallest absolute Gasteiger partial charge is 0.225 e. The Morgan fingerprint density at radius 2 is 1.73 bits per heavy atom. The highest BCUT2D eigenvalue weighted by Crippen LogP contribution is 2.26. The van der Waals surface area contributed by atoms with Crippen LogP contribution >= 0.6 is 11.8 Å². The molecule has 0 saturated carbocycles. The van der Waals surface area contributed by atoms with Crippen molar-refractivity contribution in [2.24, 2.45) is 11.8 Å². The van der Waals surface area contributed by atoms with E-state index in [4.69, 9.17) is 0 Å². The molecular formula is C12H21NOS. The molecule has 0 radical (unpaired) electrons. The first-order valence-corrected chi connectivity index (χ1v) is 7.29. The third-order valence-electron chi connectivity index (χ3n) is 3.67. The highest BCUT2D eigenvalue weighted by atomic mass is 32.2. The van der Waals surface area contributed by atoms with Crippen molar-refractivity contribution in [1.82, 2.24) is 4.90 Å². The fraction of sp³-hybridized carbons (Fsp3) is 0.917. The van der Waals surface area contributed by atoms with E-state index in [1.54, 1.807) is 0 Å². The van der Waals surface area contributed by atoms with Gasteiger partial charge in [0, 0.05) is 19.0 Å². The first kappa shape index (κ1) is 11.3. The van der Waals surface area contributed by atoms with Crippen molar-refractivity contribution in [2.45, 2.75) is 32.6 Å². The minimum atomic E-state index is 0.347. The number of nitrogens with zero attached hydrogens (tertiary/aromatic N) is 1.